The Morgan fingerprint density at radius 2 is 1.50 bits per heavy atom. The largest absolute Gasteiger partial charge is 0.242 e. The summed E-state index contributed by atoms with van der Waals surface area (Å²) in [7, 11) is -1.96. The van der Waals surface area contributed by atoms with Crippen molar-refractivity contribution in [1.29, 1.82) is 0 Å². The second-order valence-corrected chi connectivity index (χ2v) is 9.99. The molecule has 0 saturated heterocycles. The quantitative estimate of drug-likeness (QED) is 0.522. The van der Waals surface area contributed by atoms with E-state index in [1.165, 1.54) is 38.2 Å². The summed E-state index contributed by atoms with van der Waals surface area (Å²) in [5, 5.41) is 0.415. The lowest BCUT2D eigenvalue weighted by atomic mass is 9.93. The maximum Gasteiger partial charge on any atom is 0.242 e. The van der Waals surface area contributed by atoms with Gasteiger partial charge >= 0.3 is 0 Å². The Balaban J connectivity index is 1.61. The van der Waals surface area contributed by atoms with Crippen molar-refractivity contribution in [2.45, 2.75) is 24.2 Å². The number of fused-ring (bicyclic) bond motifs is 2. The standard InChI is InChI=1S/C25H24ClNO2S/c1-27(30(28,29)22-11-6-10-21(26)18-22)17-7-14-25-23-12-4-2-8-19(23)15-16-20-9-3-5-13-24(20)25/h2-6,8-14,18H,7,15-17H2,1H3. The molecule has 0 heterocycles. The molecule has 30 heavy (non-hydrogen) atoms. The number of nitrogens with zero attached hydrogens (tertiary/aromatic N) is 1. The maximum absolute atomic E-state index is 12.9. The fraction of sp³-hybridized carbons (Fsp3) is 0.200. The van der Waals surface area contributed by atoms with Crippen LogP contribution in [0, 0.1) is 0 Å². The Labute approximate surface area is 183 Å². The van der Waals surface area contributed by atoms with E-state index in [0.29, 0.717) is 18.0 Å². The molecule has 0 atom stereocenters. The Bertz CT molecular complexity index is 1150. The van der Waals surface area contributed by atoms with Crippen LogP contribution in [0.4, 0.5) is 0 Å². The van der Waals surface area contributed by atoms with Crippen molar-refractivity contribution < 1.29 is 8.42 Å². The van der Waals surface area contributed by atoms with Crippen LogP contribution in [-0.4, -0.2) is 26.3 Å². The molecule has 0 aromatic heterocycles. The Morgan fingerprint density at radius 1 is 0.900 bits per heavy atom. The first-order valence-electron chi connectivity index (χ1n) is 10.1. The molecule has 3 aromatic rings. The third-order valence-electron chi connectivity index (χ3n) is 5.58. The molecule has 0 radical (unpaired) electrons. The van der Waals surface area contributed by atoms with E-state index in [-0.39, 0.29) is 4.90 Å². The lowest BCUT2D eigenvalue weighted by molar-refractivity contribution is 0.475. The van der Waals surface area contributed by atoms with Crippen molar-refractivity contribution >= 4 is 27.2 Å². The van der Waals surface area contributed by atoms with Crippen LogP contribution in [0.5, 0.6) is 0 Å². The molecule has 0 unspecified atom stereocenters. The van der Waals surface area contributed by atoms with E-state index in [4.69, 9.17) is 11.6 Å². The molecule has 0 saturated carbocycles. The molecule has 1 aliphatic rings. The van der Waals surface area contributed by atoms with Gasteiger partial charge in [0.25, 0.3) is 0 Å². The van der Waals surface area contributed by atoms with Crippen molar-refractivity contribution in [2.75, 3.05) is 13.6 Å². The van der Waals surface area contributed by atoms with E-state index in [1.54, 1.807) is 25.2 Å². The first-order chi connectivity index (χ1) is 14.5. The zero-order valence-corrected chi connectivity index (χ0v) is 18.5. The molecule has 0 amide bonds. The predicted molar refractivity (Wildman–Crippen MR) is 123 cm³/mol. The minimum absolute atomic E-state index is 0.218. The fourth-order valence-electron chi connectivity index (χ4n) is 3.95. The molecule has 0 fully saturated rings. The van der Waals surface area contributed by atoms with Crippen molar-refractivity contribution in [3.8, 4) is 0 Å². The first-order valence-corrected chi connectivity index (χ1v) is 11.9. The number of halogens is 1. The SMILES string of the molecule is CN(CCC=C1c2ccccc2CCc2ccccc21)S(=O)(=O)c1cccc(Cl)c1. The highest BCUT2D eigenvalue weighted by Crippen LogP contribution is 2.33. The van der Waals surface area contributed by atoms with Gasteiger partial charge in [0, 0.05) is 18.6 Å². The molecule has 4 rings (SSSR count). The average molecular weight is 438 g/mol. The van der Waals surface area contributed by atoms with Gasteiger partial charge < -0.3 is 0 Å². The molecule has 0 aliphatic heterocycles. The third-order valence-corrected chi connectivity index (χ3v) is 7.66. The van der Waals surface area contributed by atoms with Gasteiger partial charge in [-0.05, 0) is 65.3 Å². The second-order valence-electron chi connectivity index (χ2n) is 7.50. The van der Waals surface area contributed by atoms with Gasteiger partial charge in [-0.1, -0.05) is 72.3 Å². The van der Waals surface area contributed by atoms with Crippen molar-refractivity contribution in [2.24, 2.45) is 0 Å². The molecule has 0 bridgehead atoms. The van der Waals surface area contributed by atoms with Gasteiger partial charge in [-0.15, -0.1) is 0 Å². The lowest BCUT2D eigenvalue weighted by Gasteiger charge is -2.17. The summed E-state index contributed by atoms with van der Waals surface area (Å²) in [6.07, 6.45) is 4.81. The van der Waals surface area contributed by atoms with Crippen LogP contribution in [-0.2, 0) is 22.9 Å². The summed E-state index contributed by atoms with van der Waals surface area (Å²) in [4.78, 5) is 0.218. The second kappa shape index (κ2) is 8.76. The molecule has 154 valence electrons. The Kier molecular flexibility index (Phi) is 6.09. The van der Waals surface area contributed by atoms with Crippen LogP contribution in [0.15, 0.2) is 83.8 Å². The lowest BCUT2D eigenvalue weighted by Crippen LogP contribution is -2.27. The van der Waals surface area contributed by atoms with Crippen molar-refractivity contribution in [3.05, 3.63) is 106 Å². The molecule has 0 spiro atoms. The minimum atomic E-state index is -3.57. The summed E-state index contributed by atoms with van der Waals surface area (Å²) in [6.45, 7) is 0.392. The number of aryl methyl sites for hydroxylation is 2. The highest BCUT2D eigenvalue weighted by Gasteiger charge is 2.21. The molecular weight excluding hydrogens is 414 g/mol. The molecule has 3 aromatic carbocycles. The Morgan fingerprint density at radius 3 is 2.10 bits per heavy atom. The van der Waals surface area contributed by atoms with E-state index in [9.17, 15) is 8.42 Å². The smallest absolute Gasteiger partial charge is 0.207 e. The summed E-state index contributed by atoms with van der Waals surface area (Å²) >= 11 is 5.98. The van der Waals surface area contributed by atoms with Gasteiger partial charge in [-0.25, -0.2) is 12.7 Å². The fourth-order valence-corrected chi connectivity index (χ4v) is 5.44. The number of benzene rings is 3. The van der Waals surface area contributed by atoms with Crippen LogP contribution in [0.1, 0.15) is 28.7 Å². The van der Waals surface area contributed by atoms with E-state index in [0.717, 1.165) is 12.8 Å². The first kappa shape index (κ1) is 20.9. The molecule has 0 N–H and O–H groups in total. The number of hydrogen-bond donors (Lipinski definition) is 0. The highest BCUT2D eigenvalue weighted by atomic mass is 35.5. The normalized spacial score (nSPS) is 13.5. The Hall–Kier alpha value is -2.40. The molecule has 1 aliphatic carbocycles. The summed E-state index contributed by atoms with van der Waals surface area (Å²) in [5.74, 6) is 0. The monoisotopic (exact) mass is 437 g/mol. The maximum atomic E-state index is 12.9. The van der Waals surface area contributed by atoms with Crippen LogP contribution in [0.25, 0.3) is 5.57 Å². The number of hydrogen-bond acceptors (Lipinski definition) is 2. The zero-order chi connectivity index (χ0) is 21.1. The van der Waals surface area contributed by atoms with Gasteiger partial charge in [-0.3, -0.25) is 0 Å². The van der Waals surface area contributed by atoms with Gasteiger partial charge in [0.1, 0.15) is 0 Å². The zero-order valence-electron chi connectivity index (χ0n) is 16.9. The summed E-state index contributed by atoms with van der Waals surface area (Å²) in [5.41, 5.74) is 6.33. The average Bonchev–Trinajstić information content (AvgIpc) is 2.91. The number of sulfonamides is 1. The van der Waals surface area contributed by atoms with Gasteiger partial charge in [0.15, 0.2) is 0 Å². The van der Waals surface area contributed by atoms with Gasteiger partial charge in [-0.2, -0.15) is 0 Å². The minimum Gasteiger partial charge on any atom is -0.207 e. The highest BCUT2D eigenvalue weighted by molar-refractivity contribution is 7.89. The van der Waals surface area contributed by atoms with Crippen LogP contribution in [0.3, 0.4) is 0 Å². The van der Waals surface area contributed by atoms with E-state index in [1.807, 2.05) is 0 Å². The molecule has 3 nitrogen and oxygen atoms in total. The van der Waals surface area contributed by atoms with E-state index >= 15 is 0 Å². The van der Waals surface area contributed by atoms with Crippen LogP contribution < -0.4 is 0 Å². The van der Waals surface area contributed by atoms with Crippen molar-refractivity contribution in [3.63, 3.8) is 0 Å². The van der Waals surface area contributed by atoms with Crippen LogP contribution >= 0.6 is 11.6 Å². The predicted octanol–water partition coefficient (Wildman–Crippen LogP) is 5.58. The summed E-state index contributed by atoms with van der Waals surface area (Å²) in [6, 6.07) is 23.4. The molecule has 5 heteroatoms. The van der Waals surface area contributed by atoms with Gasteiger partial charge in [0.05, 0.1) is 4.90 Å². The third kappa shape index (κ3) is 4.22. The van der Waals surface area contributed by atoms with E-state index in [2.05, 4.69) is 54.6 Å². The van der Waals surface area contributed by atoms with Crippen molar-refractivity contribution in [1.82, 2.24) is 4.31 Å². The van der Waals surface area contributed by atoms with E-state index < -0.39 is 10.0 Å². The summed E-state index contributed by atoms with van der Waals surface area (Å²) < 4.78 is 27.1. The van der Waals surface area contributed by atoms with Crippen LogP contribution in [0.2, 0.25) is 5.02 Å². The van der Waals surface area contributed by atoms with Gasteiger partial charge in [0.2, 0.25) is 10.0 Å². The number of rotatable bonds is 5. The topological polar surface area (TPSA) is 37.4 Å². The molecular formula is C25H24ClNO2S.